The molecule has 4 aliphatic rings. The monoisotopic (exact) mass is 651 g/mol. The van der Waals surface area contributed by atoms with E-state index in [0.29, 0.717) is 35.7 Å². The smallest absolute Gasteiger partial charge is 0.366 e. The van der Waals surface area contributed by atoms with Gasteiger partial charge in [-0.05, 0) is 62.9 Å². The first-order valence-corrected chi connectivity index (χ1v) is 15.4. The molecule has 2 bridgehead atoms. The zero-order valence-electron chi connectivity index (χ0n) is 22.6. The van der Waals surface area contributed by atoms with Crippen LogP contribution >= 0.6 is 23.2 Å². The number of Topliss-reactive ketones (excluding diaryl/α,β-unsaturated/α-hetero) is 1. The van der Waals surface area contributed by atoms with Crippen LogP contribution in [0.15, 0.2) is 58.4 Å². The van der Waals surface area contributed by atoms with Crippen molar-refractivity contribution in [2.45, 2.75) is 86.6 Å². The molecule has 0 saturated heterocycles. The minimum Gasteiger partial charge on any atom is -0.366 e. The van der Waals surface area contributed by atoms with Crippen LogP contribution in [0, 0.1) is 5.41 Å². The molecule has 1 atom stereocenters. The van der Waals surface area contributed by atoms with E-state index in [1.807, 2.05) is 0 Å². The van der Waals surface area contributed by atoms with Crippen LogP contribution in [0.1, 0.15) is 51.5 Å². The number of hydrogen-bond acceptors (Lipinski definition) is 5. The highest BCUT2D eigenvalue weighted by molar-refractivity contribution is 7.89. The molecular formula is C28H28Cl2F5N3O3S. The Morgan fingerprint density at radius 1 is 1.02 bits per heavy atom. The van der Waals surface area contributed by atoms with Gasteiger partial charge in [0, 0.05) is 30.3 Å². The van der Waals surface area contributed by atoms with Gasteiger partial charge < -0.3 is 5.32 Å². The van der Waals surface area contributed by atoms with Crippen LogP contribution in [0.2, 0.25) is 10.0 Å². The Hall–Kier alpha value is -2.28. The largest absolute Gasteiger partial charge is 0.453 e. The third-order valence-corrected chi connectivity index (χ3v) is 11.2. The molecule has 0 spiro atoms. The summed E-state index contributed by atoms with van der Waals surface area (Å²) < 4.78 is 93.9. The summed E-state index contributed by atoms with van der Waals surface area (Å²) in [5, 5.41) is 3.80. The molecule has 0 radical (unpaired) electrons. The van der Waals surface area contributed by atoms with Crippen LogP contribution in [0.3, 0.4) is 0 Å². The number of rotatable bonds is 10. The van der Waals surface area contributed by atoms with Crippen molar-refractivity contribution in [3.8, 4) is 0 Å². The molecule has 1 heterocycles. The zero-order chi connectivity index (χ0) is 30.9. The minimum absolute atomic E-state index is 0.0319. The minimum atomic E-state index is -5.74. The lowest BCUT2D eigenvalue weighted by Gasteiger charge is -2.73. The Morgan fingerprint density at radius 2 is 1.64 bits per heavy atom. The van der Waals surface area contributed by atoms with Gasteiger partial charge >= 0.3 is 12.1 Å². The number of benzene rings is 2. The van der Waals surface area contributed by atoms with E-state index in [0.717, 1.165) is 0 Å². The number of carbonyl (C=O) groups is 1. The first-order chi connectivity index (χ1) is 19.3. The number of aliphatic imine (C=N–C) groups is 1. The molecule has 2 aromatic rings. The first kappa shape index (κ1) is 31.2. The van der Waals surface area contributed by atoms with Crippen molar-refractivity contribution in [3.63, 3.8) is 0 Å². The Balaban J connectivity index is 1.37. The standard InChI is InChI=1S/C28H28Cl2F5N3O3S/c1-24(2)22(21(39)10-11-27(31,32)28(33,34)35)36-23(37-24)25-14-26(15-25,16-25)38(13-17-8-9-19(29)20(30)12-17)42(40,41)18-6-4-3-5-7-18/h3-9,12,22H,10-11,13-16H2,1-2H3,(H,36,37)/t22-,25?,26?/m0/s1. The van der Waals surface area contributed by atoms with Gasteiger partial charge in [0.05, 0.1) is 20.5 Å². The number of halogens is 7. The van der Waals surface area contributed by atoms with Crippen molar-refractivity contribution >= 4 is 44.8 Å². The lowest BCUT2D eigenvalue weighted by Crippen LogP contribution is -2.78. The molecule has 3 fully saturated rings. The SMILES string of the molecule is CC1(C)NC(C23CC(N(Cc4ccc(Cl)c(Cl)c4)S(=O)(=O)c4ccccc4)(C2)C3)=N[C@H]1C(=O)CCC(F)(F)C(F)(F)F. The normalized spacial score (nSPS) is 26.7. The molecule has 228 valence electrons. The Labute approximate surface area is 250 Å². The maximum atomic E-state index is 13.9. The van der Waals surface area contributed by atoms with Gasteiger partial charge in [-0.2, -0.15) is 26.3 Å². The van der Waals surface area contributed by atoms with E-state index in [9.17, 15) is 35.2 Å². The predicted octanol–water partition coefficient (Wildman–Crippen LogP) is 6.80. The molecule has 42 heavy (non-hydrogen) atoms. The Bertz CT molecular complexity index is 1530. The van der Waals surface area contributed by atoms with E-state index >= 15 is 0 Å². The van der Waals surface area contributed by atoms with Gasteiger partial charge in [-0.1, -0.05) is 47.5 Å². The zero-order valence-corrected chi connectivity index (χ0v) is 24.9. The number of nitrogens with one attached hydrogen (secondary N) is 1. The van der Waals surface area contributed by atoms with E-state index in [4.69, 9.17) is 23.2 Å². The van der Waals surface area contributed by atoms with E-state index in [2.05, 4.69) is 10.3 Å². The summed E-state index contributed by atoms with van der Waals surface area (Å²) in [4.78, 5) is 17.4. The van der Waals surface area contributed by atoms with E-state index < -0.39 is 63.3 Å². The summed E-state index contributed by atoms with van der Waals surface area (Å²) in [6, 6.07) is 11.8. The van der Waals surface area contributed by atoms with Crippen LogP contribution in [-0.2, 0) is 21.4 Å². The highest BCUT2D eigenvalue weighted by atomic mass is 35.5. The van der Waals surface area contributed by atoms with Crippen molar-refractivity contribution in [2.75, 3.05) is 0 Å². The molecule has 6 rings (SSSR count). The summed E-state index contributed by atoms with van der Waals surface area (Å²) >= 11 is 12.2. The number of ketones is 1. The molecular weight excluding hydrogens is 624 g/mol. The second-order valence-electron chi connectivity index (χ2n) is 12.0. The molecule has 0 unspecified atom stereocenters. The fourth-order valence-electron chi connectivity index (χ4n) is 6.28. The molecule has 3 saturated carbocycles. The maximum absolute atomic E-state index is 13.9. The molecule has 1 aliphatic heterocycles. The molecule has 6 nitrogen and oxygen atoms in total. The topological polar surface area (TPSA) is 78.8 Å². The van der Waals surface area contributed by atoms with Crippen molar-refractivity contribution < 1.29 is 35.2 Å². The van der Waals surface area contributed by atoms with Crippen LogP contribution in [0.4, 0.5) is 22.0 Å². The highest BCUT2D eigenvalue weighted by Gasteiger charge is 2.75. The molecule has 3 aliphatic carbocycles. The summed E-state index contributed by atoms with van der Waals surface area (Å²) in [7, 11) is -3.95. The average Bonchev–Trinajstić information content (AvgIpc) is 3.17. The second kappa shape index (κ2) is 10.1. The highest BCUT2D eigenvalue weighted by Crippen LogP contribution is 2.71. The molecule has 0 aromatic heterocycles. The number of carbonyl (C=O) groups excluding carboxylic acids is 1. The average molecular weight is 653 g/mol. The quantitative estimate of drug-likeness (QED) is 0.287. The Morgan fingerprint density at radius 3 is 2.21 bits per heavy atom. The summed E-state index contributed by atoms with van der Waals surface area (Å²) in [5.74, 6) is -5.35. The third kappa shape index (κ3) is 5.22. The van der Waals surface area contributed by atoms with Crippen LogP contribution < -0.4 is 5.32 Å². The maximum Gasteiger partial charge on any atom is 0.453 e. The fourth-order valence-corrected chi connectivity index (χ4v) is 8.38. The van der Waals surface area contributed by atoms with Crippen molar-refractivity contribution in [2.24, 2.45) is 10.4 Å². The van der Waals surface area contributed by atoms with Gasteiger partial charge in [0.1, 0.15) is 11.9 Å². The molecule has 1 N–H and O–H groups in total. The first-order valence-electron chi connectivity index (χ1n) is 13.2. The lowest BCUT2D eigenvalue weighted by atomic mass is 9.38. The van der Waals surface area contributed by atoms with Crippen molar-refractivity contribution in [1.82, 2.24) is 9.62 Å². The summed E-state index contributed by atoms with van der Waals surface area (Å²) in [6.07, 6.45) is -7.20. The van der Waals surface area contributed by atoms with Crippen molar-refractivity contribution in [3.05, 3.63) is 64.1 Å². The van der Waals surface area contributed by atoms with Gasteiger partial charge in [0.25, 0.3) is 0 Å². The third-order valence-electron chi connectivity index (χ3n) is 8.46. The molecule has 0 amide bonds. The van der Waals surface area contributed by atoms with Crippen LogP contribution in [0.25, 0.3) is 0 Å². The van der Waals surface area contributed by atoms with E-state index in [1.54, 1.807) is 50.2 Å². The summed E-state index contributed by atoms with van der Waals surface area (Å²) in [6.45, 7) is 3.29. The van der Waals surface area contributed by atoms with Gasteiger partial charge in [-0.25, -0.2) is 8.42 Å². The summed E-state index contributed by atoms with van der Waals surface area (Å²) in [5.41, 5.74) is -1.68. The lowest BCUT2D eigenvalue weighted by molar-refractivity contribution is -0.284. The predicted molar refractivity (Wildman–Crippen MR) is 148 cm³/mol. The van der Waals surface area contributed by atoms with Crippen molar-refractivity contribution in [1.29, 1.82) is 0 Å². The van der Waals surface area contributed by atoms with E-state index in [1.165, 1.54) is 16.4 Å². The second-order valence-corrected chi connectivity index (χ2v) is 14.7. The number of sulfonamides is 1. The van der Waals surface area contributed by atoms with Crippen LogP contribution in [0.5, 0.6) is 0 Å². The number of amidine groups is 1. The molecule has 2 aromatic carbocycles. The fraction of sp³-hybridized carbons (Fsp3) is 0.500. The number of hydrogen-bond donors (Lipinski definition) is 1. The van der Waals surface area contributed by atoms with E-state index in [-0.39, 0.29) is 16.5 Å². The van der Waals surface area contributed by atoms with Gasteiger partial charge in [-0.15, -0.1) is 0 Å². The van der Waals surface area contributed by atoms with Gasteiger partial charge in [0.15, 0.2) is 5.78 Å². The molecule has 14 heteroatoms. The van der Waals surface area contributed by atoms with Gasteiger partial charge in [0.2, 0.25) is 10.0 Å². The van der Waals surface area contributed by atoms with Gasteiger partial charge in [-0.3, -0.25) is 9.79 Å². The number of nitrogens with zero attached hydrogens (tertiary/aromatic N) is 2. The number of alkyl halides is 5. The van der Waals surface area contributed by atoms with Crippen LogP contribution in [-0.4, -0.2) is 53.6 Å². The Kier molecular flexibility index (Phi) is 7.52.